The molecule has 1 saturated heterocycles. The molecule has 0 radical (unpaired) electrons. The Bertz CT molecular complexity index is 1140. The molecule has 172 valence electrons. The van der Waals surface area contributed by atoms with Gasteiger partial charge >= 0.3 is 6.18 Å². The van der Waals surface area contributed by atoms with Crippen LogP contribution in [0.4, 0.5) is 13.2 Å². The van der Waals surface area contributed by atoms with Crippen LogP contribution in [0.15, 0.2) is 48.7 Å². The highest BCUT2D eigenvalue weighted by molar-refractivity contribution is 7.15. The van der Waals surface area contributed by atoms with Crippen LogP contribution in [-0.4, -0.2) is 32.9 Å². The van der Waals surface area contributed by atoms with Crippen molar-refractivity contribution in [2.75, 3.05) is 0 Å². The molecule has 4 nitrogen and oxygen atoms in total. The maximum absolute atomic E-state index is 13.8. The van der Waals surface area contributed by atoms with E-state index in [4.69, 9.17) is 0 Å². The SMILES string of the molecule is Cc1nc(C(=O)N2[C@H](CCc3ccc(C(F)(F)F)cn3)CC[C@@H]3C[C@@H]32)c(-c2ccccc2)s1. The van der Waals surface area contributed by atoms with E-state index in [0.717, 1.165) is 47.0 Å². The first-order chi connectivity index (χ1) is 15.8. The zero-order chi connectivity index (χ0) is 23.2. The number of nitrogens with zero attached hydrogens (tertiary/aromatic N) is 3. The summed E-state index contributed by atoms with van der Waals surface area (Å²) in [7, 11) is 0. The van der Waals surface area contributed by atoms with Crippen LogP contribution in [-0.2, 0) is 12.6 Å². The third-order valence-corrected chi connectivity index (χ3v) is 7.62. The first-order valence-electron chi connectivity index (χ1n) is 11.2. The third kappa shape index (κ3) is 4.53. The lowest BCUT2D eigenvalue weighted by atomic mass is 9.96. The molecule has 2 fully saturated rings. The number of hydrogen-bond donors (Lipinski definition) is 0. The van der Waals surface area contributed by atoms with Gasteiger partial charge in [0.05, 0.1) is 15.4 Å². The van der Waals surface area contributed by atoms with Crippen LogP contribution >= 0.6 is 11.3 Å². The average Bonchev–Trinajstić information content (AvgIpc) is 3.49. The number of fused-ring (bicyclic) bond motifs is 1. The van der Waals surface area contributed by atoms with E-state index in [1.54, 1.807) is 0 Å². The van der Waals surface area contributed by atoms with Gasteiger partial charge < -0.3 is 4.90 Å². The molecule has 0 bridgehead atoms. The number of aromatic nitrogens is 2. The van der Waals surface area contributed by atoms with Crippen molar-refractivity contribution in [3.8, 4) is 10.4 Å². The van der Waals surface area contributed by atoms with E-state index >= 15 is 0 Å². The molecule has 3 aromatic rings. The van der Waals surface area contributed by atoms with Gasteiger partial charge in [-0.2, -0.15) is 13.2 Å². The molecular formula is C25H24F3N3OS. The lowest BCUT2D eigenvalue weighted by Gasteiger charge is -2.35. The van der Waals surface area contributed by atoms with Crippen molar-refractivity contribution in [1.82, 2.24) is 14.9 Å². The summed E-state index contributed by atoms with van der Waals surface area (Å²) >= 11 is 1.53. The maximum atomic E-state index is 13.8. The van der Waals surface area contributed by atoms with Crippen molar-refractivity contribution in [3.05, 3.63) is 70.6 Å². The number of pyridine rings is 1. The minimum atomic E-state index is -4.39. The molecule has 1 aliphatic carbocycles. The Hall–Kier alpha value is -2.74. The number of carbonyl (C=O) groups is 1. The summed E-state index contributed by atoms with van der Waals surface area (Å²) in [5, 5.41) is 0.854. The average molecular weight is 472 g/mol. The Morgan fingerprint density at radius 1 is 1.15 bits per heavy atom. The van der Waals surface area contributed by atoms with Gasteiger partial charge in [-0.05, 0) is 62.6 Å². The highest BCUT2D eigenvalue weighted by Crippen LogP contribution is 2.47. The summed E-state index contributed by atoms with van der Waals surface area (Å²) < 4.78 is 38.4. The summed E-state index contributed by atoms with van der Waals surface area (Å²) in [5.74, 6) is 0.519. The monoisotopic (exact) mass is 471 g/mol. The lowest BCUT2D eigenvalue weighted by Crippen LogP contribution is -2.45. The molecule has 3 heterocycles. The van der Waals surface area contributed by atoms with E-state index in [-0.39, 0.29) is 18.0 Å². The molecule has 0 N–H and O–H groups in total. The number of alkyl halides is 3. The van der Waals surface area contributed by atoms with Crippen LogP contribution in [0.3, 0.4) is 0 Å². The second-order valence-corrected chi connectivity index (χ2v) is 10.1. The van der Waals surface area contributed by atoms with Gasteiger partial charge in [0.25, 0.3) is 5.91 Å². The number of hydrogen-bond acceptors (Lipinski definition) is 4. The molecule has 1 aromatic carbocycles. The summed E-state index contributed by atoms with van der Waals surface area (Å²) in [6.07, 6.45) is 0.716. The van der Waals surface area contributed by atoms with Crippen molar-refractivity contribution in [2.45, 2.75) is 57.3 Å². The molecule has 3 atom stereocenters. The predicted octanol–water partition coefficient (Wildman–Crippen LogP) is 6.16. The molecule has 5 rings (SSSR count). The highest BCUT2D eigenvalue weighted by Gasteiger charge is 2.50. The quantitative estimate of drug-likeness (QED) is 0.448. The number of likely N-dealkylation sites (tertiary alicyclic amines) is 1. The van der Waals surface area contributed by atoms with E-state index in [2.05, 4.69) is 9.97 Å². The van der Waals surface area contributed by atoms with Gasteiger partial charge in [-0.25, -0.2) is 4.98 Å². The highest BCUT2D eigenvalue weighted by atomic mass is 32.1. The topological polar surface area (TPSA) is 46.1 Å². The molecule has 1 amide bonds. The largest absolute Gasteiger partial charge is 0.417 e. The van der Waals surface area contributed by atoms with Crippen LogP contribution < -0.4 is 0 Å². The fourth-order valence-electron chi connectivity index (χ4n) is 4.83. The van der Waals surface area contributed by atoms with Crippen LogP contribution in [0.1, 0.15) is 52.4 Å². The summed E-state index contributed by atoms with van der Waals surface area (Å²) in [5.41, 5.74) is 1.37. The maximum Gasteiger partial charge on any atom is 0.417 e. The number of piperidine rings is 1. The minimum absolute atomic E-state index is 0.0317. The summed E-state index contributed by atoms with van der Waals surface area (Å²) in [6.45, 7) is 1.91. The number of aryl methyl sites for hydroxylation is 2. The lowest BCUT2D eigenvalue weighted by molar-refractivity contribution is -0.137. The van der Waals surface area contributed by atoms with Gasteiger partial charge in [-0.1, -0.05) is 30.3 Å². The van der Waals surface area contributed by atoms with Gasteiger partial charge in [0.15, 0.2) is 0 Å². The smallest absolute Gasteiger partial charge is 0.331 e. The van der Waals surface area contributed by atoms with Crippen molar-refractivity contribution in [2.24, 2.45) is 5.92 Å². The van der Waals surface area contributed by atoms with Gasteiger partial charge in [0, 0.05) is 24.0 Å². The number of rotatable bonds is 5. The second-order valence-electron chi connectivity index (χ2n) is 8.86. The van der Waals surface area contributed by atoms with Crippen LogP contribution in [0.25, 0.3) is 10.4 Å². The Morgan fingerprint density at radius 3 is 2.64 bits per heavy atom. The Morgan fingerprint density at radius 2 is 1.94 bits per heavy atom. The van der Waals surface area contributed by atoms with Gasteiger partial charge in [-0.3, -0.25) is 9.78 Å². The normalized spacial score (nSPS) is 22.2. The fourth-order valence-corrected chi connectivity index (χ4v) is 5.75. The van der Waals surface area contributed by atoms with E-state index in [0.29, 0.717) is 30.1 Å². The molecule has 2 aliphatic rings. The standard InChI is InChI=1S/C25H24F3N3OS/c1-15-30-22(23(33-15)16-5-3-2-4-6-16)24(32)31-20(11-7-17-13-21(17)31)12-10-19-9-8-18(14-29-19)25(26,27)28/h2-6,8-9,14,17,20-21H,7,10-13H2,1H3/t17-,20+,21+/m1/s1. The second kappa shape index (κ2) is 8.56. The van der Waals surface area contributed by atoms with Crippen LogP contribution in [0.5, 0.6) is 0 Å². The number of halogens is 3. The van der Waals surface area contributed by atoms with Gasteiger partial charge in [-0.15, -0.1) is 11.3 Å². The number of thiazole rings is 1. The Labute approximate surface area is 194 Å². The number of benzene rings is 1. The fraction of sp³-hybridized carbons (Fsp3) is 0.400. The molecule has 1 aliphatic heterocycles. The van der Waals surface area contributed by atoms with Crippen molar-refractivity contribution >= 4 is 17.2 Å². The first kappa shape index (κ1) is 22.1. The Kier molecular flexibility index (Phi) is 5.72. The van der Waals surface area contributed by atoms with Crippen molar-refractivity contribution in [3.63, 3.8) is 0 Å². The third-order valence-electron chi connectivity index (χ3n) is 6.60. The number of carbonyl (C=O) groups excluding carboxylic acids is 1. The molecule has 1 saturated carbocycles. The molecule has 0 spiro atoms. The molecular weight excluding hydrogens is 447 g/mol. The van der Waals surface area contributed by atoms with Gasteiger partial charge in [0.1, 0.15) is 5.69 Å². The van der Waals surface area contributed by atoms with Gasteiger partial charge in [0.2, 0.25) is 0 Å². The summed E-state index contributed by atoms with van der Waals surface area (Å²) in [6, 6.07) is 12.6. The molecule has 8 heteroatoms. The first-order valence-corrected chi connectivity index (χ1v) is 12.0. The van der Waals surface area contributed by atoms with Crippen LogP contribution in [0.2, 0.25) is 0 Å². The molecule has 2 aromatic heterocycles. The predicted molar refractivity (Wildman–Crippen MR) is 121 cm³/mol. The molecule has 33 heavy (non-hydrogen) atoms. The zero-order valence-corrected chi connectivity index (χ0v) is 19.0. The van der Waals surface area contributed by atoms with E-state index in [1.165, 1.54) is 17.4 Å². The van der Waals surface area contributed by atoms with E-state index < -0.39 is 11.7 Å². The van der Waals surface area contributed by atoms with Crippen molar-refractivity contribution < 1.29 is 18.0 Å². The van der Waals surface area contributed by atoms with Crippen molar-refractivity contribution in [1.29, 1.82) is 0 Å². The minimum Gasteiger partial charge on any atom is -0.331 e. The van der Waals surface area contributed by atoms with Crippen LogP contribution in [0, 0.1) is 12.8 Å². The van der Waals surface area contributed by atoms with E-state index in [9.17, 15) is 18.0 Å². The number of amides is 1. The zero-order valence-electron chi connectivity index (χ0n) is 18.2. The Balaban J connectivity index is 1.35. The summed E-state index contributed by atoms with van der Waals surface area (Å²) in [4.78, 5) is 25.3. The van der Waals surface area contributed by atoms with E-state index in [1.807, 2.05) is 42.2 Å². The molecule has 0 unspecified atom stereocenters.